The average Bonchev–Trinajstić information content (AvgIpc) is 3.10. The van der Waals surface area contributed by atoms with Crippen LogP contribution in [0.3, 0.4) is 0 Å². The number of nitrogens with zero attached hydrogens (tertiary/aromatic N) is 1. The first-order chi connectivity index (χ1) is 14.5. The molecule has 4 rings (SSSR count). The van der Waals surface area contributed by atoms with Gasteiger partial charge in [-0.1, -0.05) is 60.1 Å². The molecule has 0 spiro atoms. The number of carbonyl (C=O) groups is 2. The Bertz CT molecular complexity index is 1050. The molecule has 2 aromatic carbocycles. The molecule has 1 saturated heterocycles. The minimum absolute atomic E-state index is 0.00163. The van der Waals surface area contributed by atoms with E-state index in [1.54, 1.807) is 24.3 Å². The molecule has 2 radical (unpaired) electrons. The third-order valence-corrected chi connectivity index (χ3v) is 6.70. The van der Waals surface area contributed by atoms with Crippen LogP contribution < -0.4 is 10.8 Å². The summed E-state index contributed by atoms with van der Waals surface area (Å²) in [4.78, 5) is 29.2. The Morgan fingerprint density at radius 3 is 2.30 bits per heavy atom. The lowest BCUT2D eigenvalue weighted by molar-refractivity contribution is 0.0725. The highest BCUT2D eigenvalue weighted by molar-refractivity contribution is 7.20. The number of amides is 2. The van der Waals surface area contributed by atoms with E-state index in [9.17, 15) is 9.59 Å². The first-order valence-electron chi connectivity index (χ1n) is 10.2. The Hall–Kier alpha value is -2.86. The SMILES string of the molecule is [B]c1ccc(C(=O)Nc2sc(-c3ccccc3)c(C)c2C(=O)N2CCCCC2)cc1. The van der Waals surface area contributed by atoms with Crippen molar-refractivity contribution in [3.05, 3.63) is 71.3 Å². The fourth-order valence-corrected chi connectivity index (χ4v) is 4.99. The topological polar surface area (TPSA) is 49.4 Å². The standard InChI is InChI=1S/C24H23BN2O2S/c1-16-20(24(29)27-14-6-3-7-15-27)23(30-21(16)17-8-4-2-5-9-17)26-22(28)18-10-12-19(25)13-11-18/h2,4-5,8-13H,3,6-7,14-15H2,1H3,(H,26,28). The zero-order valence-corrected chi connectivity index (χ0v) is 17.8. The molecule has 2 amide bonds. The second-order valence-electron chi connectivity index (χ2n) is 7.56. The molecule has 0 atom stereocenters. The number of piperidine rings is 1. The van der Waals surface area contributed by atoms with E-state index >= 15 is 0 Å². The van der Waals surface area contributed by atoms with Gasteiger partial charge in [0.25, 0.3) is 11.8 Å². The summed E-state index contributed by atoms with van der Waals surface area (Å²) in [6, 6.07) is 16.8. The van der Waals surface area contributed by atoms with Gasteiger partial charge in [0.1, 0.15) is 12.8 Å². The molecule has 3 aromatic rings. The second-order valence-corrected chi connectivity index (χ2v) is 8.58. The van der Waals surface area contributed by atoms with Crippen molar-refractivity contribution in [2.45, 2.75) is 26.2 Å². The van der Waals surface area contributed by atoms with Gasteiger partial charge < -0.3 is 10.2 Å². The minimum Gasteiger partial charge on any atom is -0.339 e. The van der Waals surface area contributed by atoms with Crippen molar-refractivity contribution in [1.29, 1.82) is 0 Å². The van der Waals surface area contributed by atoms with Gasteiger partial charge >= 0.3 is 0 Å². The lowest BCUT2D eigenvalue weighted by Gasteiger charge is -2.27. The van der Waals surface area contributed by atoms with Crippen LogP contribution in [0, 0.1) is 6.92 Å². The molecule has 1 fully saturated rings. The molecule has 1 aliphatic heterocycles. The van der Waals surface area contributed by atoms with Gasteiger partial charge in [0.15, 0.2) is 0 Å². The number of nitrogens with one attached hydrogen (secondary N) is 1. The molecule has 0 unspecified atom stereocenters. The lowest BCUT2D eigenvalue weighted by Crippen LogP contribution is -2.36. The molecule has 0 saturated carbocycles. The number of anilines is 1. The van der Waals surface area contributed by atoms with Crippen LogP contribution in [-0.4, -0.2) is 37.7 Å². The fourth-order valence-electron chi connectivity index (χ4n) is 3.79. The van der Waals surface area contributed by atoms with Crippen LogP contribution in [0.1, 0.15) is 45.5 Å². The molecule has 2 heterocycles. The zero-order valence-electron chi connectivity index (χ0n) is 17.0. The molecule has 0 aliphatic carbocycles. The first kappa shape index (κ1) is 20.4. The maximum absolute atomic E-state index is 13.4. The van der Waals surface area contributed by atoms with Crippen LogP contribution in [0.4, 0.5) is 5.00 Å². The van der Waals surface area contributed by atoms with Crippen LogP contribution in [0.25, 0.3) is 10.4 Å². The van der Waals surface area contributed by atoms with Crippen molar-refractivity contribution in [2.24, 2.45) is 0 Å². The Balaban J connectivity index is 1.72. The Morgan fingerprint density at radius 1 is 0.967 bits per heavy atom. The molecular weight excluding hydrogens is 391 g/mol. The highest BCUT2D eigenvalue weighted by atomic mass is 32.1. The number of hydrogen-bond donors (Lipinski definition) is 1. The van der Waals surface area contributed by atoms with Crippen LogP contribution >= 0.6 is 11.3 Å². The number of hydrogen-bond acceptors (Lipinski definition) is 3. The van der Waals surface area contributed by atoms with Crippen molar-refractivity contribution >= 4 is 41.5 Å². The first-order valence-corrected chi connectivity index (χ1v) is 11.0. The summed E-state index contributed by atoms with van der Waals surface area (Å²) in [7, 11) is 5.73. The molecular formula is C24H23BN2O2S. The summed E-state index contributed by atoms with van der Waals surface area (Å²) < 4.78 is 0. The molecule has 30 heavy (non-hydrogen) atoms. The molecule has 4 nitrogen and oxygen atoms in total. The summed E-state index contributed by atoms with van der Waals surface area (Å²) in [6.45, 7) is 3.50. The van der Waals surface area contributed by atoms with Gasteiger partial charge in [0, 0.05) is 23.5 Å². The number of thiophene rings is 1. The van der Waals surface area contributed by atoms with E-state index in [1.165, 1.54) is 11.3 Å². The summed E-state index contributed by atoms with van der Waals surface area (Å²) in [5, 5.41) is 3.59. The maximum Gasteiger partial charge on any atom is 0.257 e. The van der Waals surface area contributed by atoms with Crippen LogP contribution in [0.2, 0.25) is 0 Å². The Morgan fingerprint density at radius 2 is 1.63 bits per heavy atom. The van der Waals surface area contributed by atoms with Crippen molar-refractivity contribution in [3.63, 3.8) is 0 Å². The van der Waals surface area contributed by atoms with Crippen molar-refractivity contribution in [3.8, 4) is 10.4 Å². The lowest BCUT2D eigenvalue weighted by atomic mass is 9.95. The molecule has 150 valence electrons. The summed E-state index contributed by atoms with van der Waals surface area (Å²) in [5.41, 5.74) is 3.67. The Labute approximate surface area is 182 Å². The quantitative estimate of drug-likeness (QED) is 0.644. The van der Waals surface area contributed by atoms with Crippen molar-refractivity contribution in [1.82, 2.24) is 4.90 Å². The van der Waals surface area contributed by atoms with E-state index in [2.05, 4.69) is 5.32 Å². The highest BCUT2D eigenvalue weighted by Gasteiger charge is 2.27. The van der Waals surface area contributed by atoms with Gasteiger partial charge in [0.2, 0.25) is 0 Å². The van der Waals surface area contributed by atoms with Gasteiger partial charge in [-0.25, -0.2) is 0 Å². The fraction of sp³-hybridized carbons (Fsp3) is 0.250. The third-order valence-electron chi connectivity index (χ3n) is 5.44. The number of carbonyl (C=O) groups excluding carboxylic acids is 2. The number of rotatable bonds is 4. The van der Waals surface area contributed by atoms with E-state index in [-0.39, 0.29) is 11.8 Å². The highest BCUT2D eigenvalue weighted by Crippen LogP contribution is 2.41. The monoisotopic (exact) mass is 414 g/mol. The summed E-state index contributed by atoms with van der Waals surface area (Å²) in [5.74, 6) is -0.248. The van der Waals surface area contributed by atoms with Crippen molar-refractivity contribution in [2.75, 3.05) is 18.4 Å². The van der Waals surface area contributed by atoms with E-state index < -0.39 is 0 Å². The predicted octanol–water partition coefficient (Wildman–Crippen LogP) is 4.40. The van der Waals surface area contributed by atoms with Crippen LogP contribution in [0.5, 0.6) is 0 Å². The van der Waals surface area contributed by atoms with Gasteiger partial charge in [-0.3, -0.25) is 9.59 Å². The number of benzene rings is 2. The molecule has 0 bridgehead atoms. The third kappa shape index (κ3) is 4.19. The zero-order chi connectivity index (χ0) is 21.1. The summed E-state index contributed by atoms with van der Waals surface area (Å²) in [6.07, 6.45) is 3.20. The molecule has 1 aromatic heterocycles. The average molecular weight is 414 g/mol. The van der Waals surface area contributed by atoms with E-state index in [0.29, 0.717) is 21.6 Å². The van der Waals surface area contributed by atoms with E-state index in [1.807, 2.05) is 42.2 Å². The van der Waals surface area contributed by atoms with Gasteiger partial charge in [-0.2, -0.15) is 0 Å². The van der Waals surface area contributed by atoms with E-state index in [0.717, 1.165) is 48.4 Å². The molecule has 1 N–H and O–H groups in total. The van der Waals surface area contributed by atoms with Gasteiger partial charge in [-0.15, -0.1) is 11.3 Å². The molecule has 6 heteroatoms. The van der Waals surface area contributed by atoms with E-state index in [4.69, 9.17) is 7.85 Å². The maximum atomic E-state index is 13.4. The smallest absolute Gasteiger partial charge is 0.257 e. The predicted molar refractivity (Wildman–Crippen MR) is 124 cm³/mol. The van der Waals surface area contributed by atoms with Crippen LogP contribution in [-0.2, 0) is 0 Å². The molecule has 1 aliphatic rings. The largest absolute Gasteiger partial charge is 0.339 e. The van der Waals surface area contributed by atoms with Gasteiger partial charge in [0.05, 0.1) is 5.56 Å². The van der Waals surface area contributed by atoms with Crippen molar-refractivity contribution < 1.29 is 9.59 Å². The van der Waals surface area contributed by atoms with Crippen LogP contribution in [0.15, 0.2) is 54.6 Å². The second kappa shape index (κ2) is 8.88. The summed E-state index contributed by atoms with van der Waals surface area (Å²) >= 11 is 1.45. The Kier molecular flexibility index (Phi) is 6.04. The minimum atomic E-state index is -0.247. The van der Waals surface area contributed by atoms with Gasteiger partial charge in [-0.05, 0) is 37.3 Å². The normalized spacial score (nSPS) is 13.8. The number of likely N-dealkylation sites (tertiary alicyclic amines) is 1.